The van der Waals surface area contributed by atoms with Crippen LogP contribution in [0.2, 0.25) is 0 Å². The number of nitrogens with one attached hydrogen (secondary N) is 1. The van der Waals surface area contributed by atoms with Crippen LogP contribution in [0.15, 0.2) is 12.1 Å². The van der Waals surface area contributed by atoms with Crippen molar-refractivity contribution in [2.24, 2.45) is 17.8 Å². The Balaban J connectivity index is 1.27. The SMILES string of the molecule is CCc1ccc(C(=O)N2C[C@@H]3[C@H](CNC(=O)C4CCC4)[C@H]4CC[C@]3(C2)O4)s1. The first-order valence-electron chi connectivity index (χ1n) is 10.4. The number of hydrogen-bond donors (Lipinski definition) is 1. The van der Waals surface area contributed by atoms with Crippen LogP contribution in [0, 0.1) is 17.8 Å². The Morgan fingerprint density at radius 2 is 2.19 bits per heavy atom. The summed E-state index contributed by atoms with van der Waals surface area (Å²) in [6, 6.07) is 4.03. The molecule has 2 amide bonds. The van der Waals surface area contributed by atoms with Gasteiger partial charge in [-0.3, -0.25) is 9.59 Å². The number of aryl methyl sites for hydroxylation is 1. The molecule has 2 bridgehead atoms. The number of fused-ring (bicyclic) bond motifs is 1. The number of hydrogen-bond acceptors (Lipinski definition) is 4. The first kappa shape index (κ1) is 17.7. The van der Waals surface area contributed by atoms with E-state index in [9.17, 15) is 9.59 Å². The second kappa shape index (κ2) is 6.59. The highest BCUT2D eigenvalue weighted by atomic mass is 32.1. The Kier molecular flexibility index (Phi) is 4.32. The molecule has 27 heavy (non-hydrogen) atoms. The third kappa shape index (κ3) is 2.83. The van der Waals surface area contributed by atoms with Crippen molar-refractivity contribution in [3.8, 4) is 0 Å². The largest absolute Gasteiger partial charge is 0.369 e. The van der Waals surface area contributed by atoms with Crippen molar-refractivity contribution in [1.82, 2.24) is 10.2 Å². The van der Waals surface area contributed by atoms with Gasteiger partial charge >= 0.3 is 0 Å². The summed E-state index contributed by atoms with van der Waals surface area (Å²) in [6.07, 6.45) is 6.57. The summed E-state index contributed by atoms with van der Waals surface area (Å²) in [5.74, 6) is 1.29. The molecule has 0 unspecified atom stereocenters. The van der Waals surface area contributed by atoms with E-state index in [0.29, 0.717) is 24.9 Å². The van der Waals surface area contributed by atoms with Crippen molar-refractivity contribution < 1.29 is 14.3 Å². The first-order chi connectivity index (χ1) is 13.1. The van der Waals surface area contributed by atoms with Crippen LogP contribution in [-0.2, 0) is 16.0 Å². The van der Waals surface area contributed by atoms with Crippen molar-refractivity contribution in [1.29, 1.82) is 0 Å². The molecular formula is C21H28N2O3S. The van der Waals surface area contributed by atoms with Crippen molar-refractivity contribution in [3.63, 3.8) is 0 Å². The molecule has 3 aliphatic heterocycles. The van der Waals surface area contributed by atoms with Crippen LogP contribution < -0.4 is 5.32 Å². The number of nitrogens with zero attached hydrogens (tertiary/aromatic N) is 1. The fraction of sp³-hybridized carbons (Fsp3) is 0.714. The smallest absolute Gasteiger partial charge is 0.264 e. The van der Waals surface area contributed by atoms with Crippen LogP contribution in [-0.4, -0.2) is 48.1 Å². The lowest BCUT2D eigenvalue weighted by Crippen LogP contribution is -2.44. The Morgan fingerprint density at radius 1 is 1.33 bits per heavy atom. The van der Waals surface area contributed by atoms with Crippen molar-refractivity contribution >= 4 is 23.2 Å². The zero-order valence-electron chi connectivity index (χ0n) is 15.9. The maximum atomic E-state index is 13.0. The van der Waals surface area contributed by atoms with E-state index in [1.54, 1.807) is 11.3 Å². The standard InChI is InChI=1S/C21H28N2O3S/c1-2-14-6-7-18(27-14)20(25)23-11-16-15(10-22-19(24)13-4-3-5-13)17-8-9-21(16,12-23)26-17/h6-7,13,15-17H,2-5,8-12H2,1H3,(H,22,24)/t15-,16+,17+,21+/m0/s1. The second-order valence-electron chi connectivity index (χ2n) is 8.71. The molecule has 4 fully saturated rings. The van der Waals surface area contributed by atoms with Gasteiger partial charge in [0.25, 0.3) is 5.91 Å². The minimum atomic E-state index is -0.170. The van der Waals surface area contributed by atoms with E-state index in [4.69, 9.17) is 4.74 Å². The fourth-order valence-corrected chi connectivity index (χ4v) is 6.41. The molecule has 1 aromatic heterocycles. The van der Waals surface area contributed by atoms with Crippen molar-refractivity contribution in [2.75, 3.05) is 19.6 Å². The lowest BCUT2D eigenvalue weighted by Gasteiger charge is -2.30. The van der Waals surface area contributed by atoms with E-state index < -0.39 is 0 Å². The van der Waals surface area contributed by atoms with Gasteiger partial charge < -0.3 is 15.0 Å². The average molecular weight is 389 g/mol. The van der Waals surface area contributed by atoms with Crippen LogP contribution in [0.1, 0.15) is 53.6 Å². The lowest BCUT2D eigenvalue weighted by molar-refractivity contribution is -0.127. The third-order valence-electron chi connectivity index (χ3n) is 7.28. The molecular weight excluding hydrogens is 360 g/mol. The quantitative estimate of drug-likeness (QED) is 0.844. The average Bonchev–Trinajstić information content (AvgIpc) is 3.36. The van der Waals surface area contributed by atoms with Gasteiger partial charge in [-0.2, -0.15) is 0 Å². The highest BCUT2D eigenvalue weighted by molar-refractivity contribution is 7.14. The number of ether oxygens (including phenoxy) is 1. The number of carbonyl (C=O) groups is 2. The minimum Gasteiger partial charge on any atom is -0.369 e. The third-order valence-corrected chi connectivity index (χ3v) is 8.50. The summed E-state index contributed by atoms with van der Waals surface area (Å²) in [6.45, 7) is 4.29. The molecule has 5 rings (SSSR count). The molecule has 1 saturated carbocycles. The van der Waals surface area contributed by atoms with Gasteiger partial charge in [0.15, 0.2) is 0 Å². The van der Waals surface area contributed by atoms with E-state index >= 15 is 0 Å². The molecule has 4 atom stereocenters. The van der Waals surface area contributed by atoms with Gasteiger partial charge in [0, 0.05) is 35.7 Å². The van der Waals surface area contributed by atoms with Gasteiger partial charge in [0.1, 0.15) is 0 Å². The topological polar surface area (TPSA) is 58.6 Å². The maximum absolute atomic E-state index is 13.0. The van der Waals surface area contributed by atoms with E-state index in [1.165, 1.54) is 11.3 Å². The maximum Gasteiger partial charge on any atom is 0.264 e. The fourth-order valence-electron chi connectivity index (χ4n) is 5.49. The molecule has 1 N–H and O–H groups in total. The second-order valence-corrected chi connectivity index (χ2v) is 9.88. The van der Waals surface area contributed by atoms with Gasteiger partial charge in [0.2, 0.25) is 5.91 Å². The summed E-state index contributed by atoms with van der Waals surface area (Å²) in [4.78, 5) is 29.3. The number of carbonyl (C=O) groups excluding carboxylic acids is 2. The van der Waals surface area contributed by atoms with E-state index in [-0.39, 0.29) is 29.4 Å². The van der Waals surface area contributed by atoms with Gasteiger partial charge in [-0.05, 0) is 44.2 Å². The molecule has 4 aliphatic rings. The summed E-state index contributed by atoms with van der Waals surface area (Å²) in [5.41, 5.74) is -0.170. The summed E-state index contributed by atoms with van der Waals surface area (Å²) >= 11 is 1.61. The number of thiophene rings is 1. The van der Waals surface area contributed by atoms with Crippen LogP contribution in [0.3, 0.4) is 0 Å². The predicted molar refractivity (Wildman–Crippen MR) is 104 cm³/mol. The summed E-state index contributed by atoms with van der Waals surface area (Å²) in [7, 11) is 0. The minimum absolute atomic E-state index is 0.146. The van der Waals surface area contributed by atoms with Crippen molar-refractivity contribution in [3.05, 3.63) is 21.9 Å². The molecule has 146 valence electrons. The molecule has 1 aliphatic carbocycles. The molecule has 1 aromatic rings. The normalized spacial score (nSPS) is 34.6. The van der Waals surface area contributed by atoms with Crippen molar-refractivity contribution in [2.45, 2.75) is 57.2 Å². The lowest BCUT2D eigenvalue weighted by atomic mass is 9.73. The number of likely N-dealkylation sites (tertiary alicyclic amines) is 1. The summed E-state index contributed by atoms with van der Waals surface area (Å²) in [5, 5.41) is 3.19. The Bertz CT molecular complexity index is 758. The molecule has 6 heteroatoms. The highest BCUT2D eigenvalue weighted by Crippen LogP contribution is 2.54. The number of amides is 2. The Labute approximate surface area is 164 Å². The Morgan fingerprint density at radius 3 is 2.89 bits per heavy atom. The monoisotopic (exact) mass is 388 g/mol. The Hall–Kier alpha value is -1.40. The predicted octanol–water partition coefficient (Wildman–Crippen LogP) is 2.85. The van der Waals surface area contributed by atoms with Gasteiger partial charge in [-0.15, -0.1) is 11.3 Å². The van der Waals surface area contributed by atoms with E-state index in [2.05, 4.69) is 18.3 Å². The molecule has 5 nitrogen and oxygen atoms in total. The van der Waals surface area contributed by atoms with Crippen LogP contribution in [0.5, 0.6) is 0 Å². The first-order valence-corrected chi connectivity index (χ1v) is 11.2. The zero-order chi connectivity index (χ0) is 18.6. The number of rotatable bonds is 5. The van der Waals surface area contributed by atoms with Gasteiger partial charge in [-0.1, -0.05) is 13.3 Å². The van der Waals surface area contributed by atoms with E-state index in [1.807, 2.05) is 11.0 Å². The van der Waals surface area contributed by atoms with Gasteiger partial charge in [0.05, 0.1) is 23.1 Å². The van der Waals surface area contributed by atoms with E-state index in [0.717, 1.165) is 43.5 Å². The van der Waals surface area contributed by atoms with Crippen LogP contribution in [0.25, 0.3) is 0 Å². The molecule has 0 aromatic carbocycles. The highest BCUT2D eigenvalue weighted by Gasteiger charge is 2.63. The molecule has 0 radical (unpaired) electrons. The zero-order valence-corrected chi connectivity index (χ0v) is 16.7. The summed E-state index contributed by atoms with van der Waals surface area (Å²) < 4.78 is 6.43. The molecule has 1 spiro atoms. The van der Waals surface area contributed by atoms with Crippen LogP contribution >= 0.6 is 11.3 Å². The molecule has 3 saturated heterocycles. The van der Waals surface area contributed by atoms with Gasteiger partial charge in [-0.25, -0.2) is 0 Å². The van der Waals surface area contributed by atoms with Crippen LogP contribution in [0.4, 0.5) is 0 Å². The molecule has 4 heterocycles.